The molecule has 1 heterocycles. The average molecular weight is 332 g/mol. The molecule has 0 amide bonds. The number of nitrogens with zero attached hydrogens (tertiary/aromatic N) is 2. The lowest BCUT2D eigenvalue weighted by molar-refractivity contribution is 0.146. The Kier molecular flexibility index (Phi) is 7.22. The Hall–Kier alpha value is -2.25. The Morgan fingerprint density at radius 1 is 1.13 bits per heavy atom. The predicted molar refractivity (Wildman–Crippen MR) is 93.9 cm³/mol. The predicted octanol–water partition coefficient (Wildman–Crippen LogP) is 2.98. The van der Waals surface area contributed by atoms with Crippen LogP contribution in [0.4, 0.5) is 5.82 Å². The third-order valence-electron chi connectivity index (χ3n) is 2.80. The van der Waals surface area contributed by atoms with Crippen LogP contribution in [-0.4, -0.2) is 35.1 Å². The molecule has 0 spiro atoms. The highest BCUT2D eigenvalue weighted by atomic mass is 32.1. The van der Waals surface area contributed by atoms with Gasteiger partial charge in [0.25, 0.3) is 0 Å². The SMILES string of the molecule is CCOCCCNC(=S)Nc1ccc(Oc2ccccc2)nn1. The van der Waals surface area contributed by atoms with Crippen molar-refractivity contribution in [3.63, 3.8) is 0 Å². The molecule has 0 radical (unpaired) electrons. The molecule has 0 aliphatic heterocycles. The first-order chi connectivity index (χ1) is 11.3. The van der Waals surface area contributed by atoms with E-state index in [4.69, 9.17) is 21.7 Å². The van der Waals surface area contributed by atoms with Crippen molar-refractivity contribution in [1.82, 2.24) is 15.5 Å². The van der Waals surface area contributed by atoms with Gasteiger partial charge < -0.3 is 20.1 Å². The van der Waals surface area contributed by atoms with Crippen molar-refractivity contribution in [2.45, 2.75) is 13.3 Å². The lowest BCUT2D eigenvalue weighted by Gasteiger charge is -2.10. The van der Waals surface area contributed by atoms with Crippen LogP contribution in [0.25, 0.3) is 0 Å². The van der Waals surface area contributed by atoms with Gasteiger partial charge in [0.2, 0.25) is 5.88 Å². The van der Waals surface area contributed by atoms with Gasteiger partial charge in [-0.3, -0.25) is 0 Å². The fraction of sp³-hybridized carbons (Fsp3) is 0.312. The zero-order chi connectivity index (χ0) is 16.3. The van der Waals surface area contributed by atoms with Crippen LogP contribution in [0.1, 0.15) is 13.3 Å². The molecule has 0 aliphatic rings. The number of nitrogens with one attached hydrogen (secondary N) is 2. The fourth-order valence-corrected chi connectivity index (χ4v) is 1.94. The molecule has 0 atom stereocenters. The van der Waals surface area contributed by atoms with Crippen molar-refractivity contribution in [2.75, 3.05) is 25.1 Å². The van der Waals surface area contributed by atoms with Crippen molar-refractivity contribution in [3.8, 4) is 11.6 Å². The van der Waals surface area contributed by atoms with E-state index in [9.17, 15) is 0 Å². The van der Waals surface area contributed by atoms with Gasteiger partial charge in [0.15, 0.2) is 10.9 Å². The summed E-state index contributed by atoms with van der Waals surface area (Å²) in [5.74, 6) is 1.71. The largest absolute Gasteiger partial charge is 0.438 e. The van der Waals surface area contributed by atoms with Crippen LogP contribution >= 0.6 is 12.2 Å². The summed E-state index contributed by atoms with van der Waals surface area (Å²) in [6.07, 6.45) is 0.894. The van der Waals surface area contributed by atoms with E-state index in [-0.39, 0.29) is 0 Å². The fourth-order valence-electron chi connectivity index (χ4n) is 1.73. The summed E-state index contributed by atoms with van der Waals surface area (Å²) < 4.78 is 10.8. The zero-order valence-corrected chi connectivity index (χ0v) is 13.8. The molecule has 2 rings (SSSR count). The van der Waals surface area contributed by atoms with E-state index in [0.717, 1.165) is 26.2 Å². The maximum Gasteiger partial charge on any atom is 0.238 e. The minimum atomic E-state index is 0.428. The van der Waals surface area contributed by atoms with Gasteiger partial charge in [0, 0.05) is 25.8 Å². The maximum absolute atomic E-state index is 5.58. The number of aromatic nitrogens is 2. The van der Waals surface area contributed by atoms with Crippen molar-refractivity contribution in [1.29, 1.82) is 0 Å². The standard InChI is InChI=1S/C16H20N4O2S/c1-2-21-12-6-11-17-16(23)18-14-9-10-15(20-19-14)22-13-7-4-3-5-8-13/h3-5,7-10H,2,6,11-12H2,1H3,(H2,17,18,19,23). The van der Waals surface area contributed by atoms with Gasteiger partial charge in [-0.05, 0) is 43.8 Å². The highest BCUT2D eigenvalue weighted by Crippen LogP contribution is 2.18. The molecular formula is C16H20N4O2S. The van der Waals surface area contributed by atoms with E-state index in [0.29, 0.717) is 22.6 Å². The van der Waals surface area contributed by atoms with Gasteiger partial charge in [-0.25, -0.2) is 0 Å². The average Bonchev–Trinajstić information content (AvgIpc) is 2.57. The highest BCUT2D eigenvalue weighted by Gasteiger charge is 2.02. The van der Waals surface area contributed by atoms with Crippen molar-refractivity contribution < 1.29 is 9.47 Å². The highest BCUT2D eigenvalue weighted by molar-refractivity contribution is 7.80. The molecule has 0 aliphatic carbocycles. The second-order valence-corrected chi connectivity index (χ2v) is 5.01. The Bertz CT molecular complexity index is 593. The molecule has 2 aromatic rings. The number of hydrogen-bond donors (Lipinski definition) is 2. The summed E-state index contributed by atoms with van der Waals surface area (Å²) in [6, 6.07) is 12.9. The number of para-hydroxylation sites is 1. The second kappa shape index (κ2) is 9.70. The van der Waals surface area contributed by atoms with Crippen molar-refractivity contribution in [2.24, 2.45) is 0 Å². The van der Waals surface area contributed by atoms with Crippen LogP contribution < -0.4 is 15.4 Å². The van der Waals surface area contributed by atoms with Gasteiger partial charge in [-0.15, -0.1) is 10.2 Å². The molecule has 1 aromatic carbocycles. The molecule has 0 unspecified atom stereocenters. The maximum atomic E-state index is 5.58. The van der Waals surface area contributed by atoms with E-state index in [2.05, 4.69) is 20.8 Å². The quantitative estimate of drug-likeness (QED) is 0.569. The van der Waals surface area contributed by atoms with Gasteiger partial charge in [-0.1, -0.05) is 18.2 Å². The van der Waals surface area contributed by atoms with Gasteiger partial charge in [0.1, 0.15) is 5.75 Å². The number of hydrogen-bond acceptors (Lipinski definition) is 5. The van der Waals surface area contributed by atoms with Crippen LogP contribution in [0.2, 0.25) is 0 Å². The minimum absolute atomic E-state index is 0.428. The summed E-state index contributed by atoms with van der Waals surface area (Å²) in [7, 11) is 0. The molecule has 0 saturated carbocycles. The van der Waals surface area contributed by atoms with Gasteiger partial charge >= 0.3 is 0 Å². The molecule has 6 nitrogen and oxygen atoms in total. The van der Waals surface area contributed by atoms with Crippen LogP contribution in [-0.2, 0) is 4.74 Å². The van der Waals surface area contributed by atoms with Crippen LogP contribution in [0, 0.1) is 0 Å². The lowest BCUT2D eigenvalue weighted by atomic mass is 10.3. The first-order valence-electron chi connectivity index (χ1n) is 7.47. The molecule has 23 heavy (non-hydrogen) atoms. The number of thiocarbonyl (C=S) groups is 1. The number of rotatable bonds is 8. The summed E-state index contributed by atoms with van der Waals surface area (Å²) in [5, 5.41) is 14.6. The summed E-state index contributed by atoms with van der Waals surface area (Å²) in [5.41, 5.74) is 0. The molecule has 0 saturated heterocycles. The van der Waals surface area contributed by atoms with E-state index >= 15 is 0 Å². The molecule has 1 aromatic heterocycles. The van der Waals surface area contributed by atoms with Crippen LogP contribution in [0.5, 0.6) is 11.6 Å². The van der Waals surface area contributed by atoms with E-state index in [1.807, 2.05) is 37.3 Å². The third-order valence-corrected chi connectivity index (χ3v) is 3.05. The van der Waals surface area contributed by atoms with Crippen molar-refractivity contribution >= 4 is 23.1 Å². The Morgan fingerprint density at radius 3 is 2.65 bits per heavy atom. The lowest BCUT2D eigenvalue weighted by Crippen LogP contribution is -2.30. The Labute approximate surface area is 141 Å². The smallest absolute Gasteiger partial charge is 0.238 e. The number of ether oxygens (including phenoxy) is 2. The van der Waals surface area contributed by atoms with E-state index in [1.165, 1.54) is 0 Å². The third kappa shape index (κ3) is 6.58. The van der Waals surface area contributed by atoms with Crippen molar-refractivity contribution in [3.05, 3.63) is 42.5 Å². The molecule has 0 fully saturated rings. The van der Waals surface area contributed by atoms with Crippen LogP contribution in [0.3, 0.4) is 0 Å². The minimum Gasteiger partial charge on any atom is -0.438 e. The van der Waals surface area contributed by atoms with Gasteiger partial charge in [-0.2, -0.15) is 0 Å². The first-order valence-corrected chi connectivity index (χ1v) is 7.88. The Balaban J connectivity index is 1.75. The van der Waals surface area contributed by atoms with E-state index in [1.54, 1.807) is 12.1 Å². The monoisotopic (exact) mass is 332 g/mol. The summed E-state index contributed by atoms with van der Waals surface area (Å²) in [6.45, 7) is 4.17. The van der Waals surface area contributed by atoms with Gasteiger partial charge in [0.05, 0.1) is 0 Å². The van der Waals surface area contributed by atoms with E-state index < -0.39 is 0 Å². The normalized spacial score (nSPS) is 10.1. The second-order valence-electron chi connectivity index (χ2n) is 4.60. The Morgan fingerprint density at radius 2 is 1.96 bits per heavy atom. The molecule has 7 heteroatoms. The first kappa shape index (κ1) is 17.1. The van der Waals surface area contributed by atoms with Crippen LogP contribution in [0.15, 0.2) is 42.5 Å². The molecule has 0 bridgehead atoms. The molecular weight excluding hydrogens is 312 g/mol. The topological polar surface area (TPSA) is 68.3 Å². The number of anilines is 1. The molecule has 122 valence electrons. The zero-order valence-electron chi connectivity index (χ0n) is 13.0. The summed E-state index contributed by atoms with van der Waals surface area (Å²) >= 11 is 5.19. The molecule has 2 N–H and O–H groups in total. The number of benzene rings is 1. The summed E-state index contributed by atoms with van der Waals surface area (Å²) in [4.78, 5) is 0.